The minimum absolute atomic E-state index is 0. The molecule has 0 saturated carbocycles. The Morgan fingerprint density at radius 2 is 1.58 bits per heavy atom. The molecule has 22 heteroatoms. The molecule has 3 saturated heterocycles. The van der Waals surface area contributed by atoms with E-state index >= 15 is 0 Å². The van der Waals surface area contributed by atoms with E-state index in [0.29, 0.717) is 6.04 Å². The van der Waals surface area contributed by atoms with E-state index in [1.807, 2.05) is 0 Å². The second-order valence-electron chi connectivity index (χ2n) is 13.6. The van der Waals surface area contributed by atoms with Crippen LogP contribution in [0.2, 0.25) is 25.7 Å². The molecule has 16 atom stereocenters. The van der Waals surface area contributed by atoms with Crippen LogP contribution < -0.4 is 34.7 Å². The van der Waals surface area contributed by atoms with Gasteiger partial charge in [-0.2, -0.15) is 0 Å². The zero-order valence-corrected chi connectivity index (χ0v) is 31.5. The Bertz CT molecular complexity index is 1100. The summed E-state index contributed by atoms with van der Waals surface area (Å²) in [6.45, 7) is 4.59. The van der Waals surface area contributed by atoms with E-state index in [9.17, 15) is 66.1 Å². The van der Waals surface area contributed by atoms with Gasteiger partial charge in [0.25, 0.3) is 5.79 Å². The van der Waals surface area contributed by atoms with Crippen LogP contribution in [-0.2, 0) is 33.2 Å². The number of hydrogen-bond acceptors (Lipinski definition) is 19. The van der Waals surface area contributed by atoms with Gasteiger partial charge in [0, 0.05) is 21.1 Å². The first-order chi connectivity index (χ1) is 22.8. The smallest absolute Gasteiger partial charge is 0.862 e. The van der Waals surface area contributed by atoms with Gasteiger partial charge in [-0.15, -0.1) is 0 Å². The SMILES string of the molecule is CC([O-])=N[C@H]1[C@H]([C@H](O)[C@H](O)CO)O[C@@](OC[C@H]2O[C@@H](OCC[Si](C)(C)C)[C@H](O)[C@@H](O[C@@H]3O[C@H](CO)[C@H](O)[C@H](O)[C@H]3O)[C@H]2O)(C(=O)O)C[C@@H]1O.[Na+]. The molecule has 11 N–H and O–H groups in total. The summed E-state index contributed by atoms with van der Waals surface area (Å²) >= 11 is 0. The standard InChI is InChI=1S/C28H51NO19Si.Na/c1-11(32)29-16-12(33)7-28(27(41)42,48-23(16)17(35)13(34)8-30)44-10-15-19(37)24(22(40)25(46-15)43-5-6-49(2,3)4)47-26-21(39)20(38)18(36)14(9-31)45-26;/h12-26,30-31,33-40H,5-10H2,1-4H3,(H,29,32)(H,41,42);/q;+1/p-1/t12-,13+,14+,15+,16+,17+,18-,19-,20-,21+,22+,23+,24-,25+,26-,28+;/m0./s1. The van der Waals surface area contributed by atoms with Crippen molar-refractivity contribution in [1.82, 2.24) is 0 Å². The first kappa shape index (κ1) is 45.7. The predicted octanol–water partition coefficient (Wildman–Crippen LogP) is -9.21. The average molecular weight is 756 g/mol. The molecule has 0 bridgehead atoms. The maximum absolute atomic E-state index is 12.6. The topological polar surface area (TPSA) is 330 Å². The normalized spacial score (nSPS) is 41.2. The summed E-state index contributed by atoms with van der Waals surface area (Å²) < 4.78 is 33.7. The number of nitrogens with zero attached hydrogens (tertiary/aromatic N) is 1. The second kappa shape index (κ2) is 19.2. The van der Waals surface area contributed by atoms with Gasteiger partial charge in [0.1, 0.15) is 73.2 Å². The summed E-state index contributed by atoms with van der Waals surface area (Å²) in [5.74, 6) is -5.48. The van der Waals surface area contributed by atoms with E-state index in [1.54, 1.807) is 0 Å². The fraction of sp³-hybridized carbons (Fsp3) is 0.929. The summed E-state index contributed by atoms with van der Waals surface area (Å²) in [6.07, 6.45) is -25.8. The number of rotatable bonds is 15. The van der Waals surface area contributed by atoms with Gasteiger partial charge >= 0.3 is 35.5 Å². The Morgan fingerprint density at radius 3 is 2.12 bits per heavy atom. The number of aliphatic hydroxyl groups is 10. The number of ether oxygens (including phenoxy) is 6. The second-order valence-corrected chi connectivity index (χ2v) is 19.2. The van der Waals surface area contributed by atoms with Gasteiger partial charge in [-0.25, -0.2) is 4.79 Å². The molecule has 0 radical (unpaired) electrons. The van der Waals surface area contributed by atoms with E-state index in [4.69, 9.17) is 28.4 Å². The van der Waals surface area contributed by atoms with Crippen molar-refractivity contribution in [2.45, 2.75) is 137 Å². The number of carboxylic acid groups (broad SMARTS) is 1. The Kier molecular flexibility index (Phi) is 17.5. The molecule has 0 amide bonds. The average Bonchev–Trinajstić information content (AvgIpc) is 3.02. The van der Waals surface area contributed by atoms with Crippen molar-refractivity contribution in [3.05, 3.63) is 0 Å². The summed E-state index contributed by atoms with van der Waals surface area (Å²) in [5, 5.41) is 126. The van der Waals surface area contributed by atoms with Crippen LogP contribution in [0, 0.1) is 0 Å². The molecular formula is C28H50NNaO19Si. The molecule has 20 nitrogen and oxygen atoms in total. The number of aliphatic carboxylic acids is 1. The van der Waals surface area contributed by atoms with E-state index in [0.717, 1.165) is 6.92 Å². The molecule has 286 valence electrons. The van der Waals surface area contributed by atoms with Crippen molar-refractivity contribution in [2.75, 3.05) is 26.4 Å². The van der Waals surface area contributed by atoms with Gasteiger partial charge in [0.15, 0.2) is 12.6 Å². The largest absolute Gasteiger partial charge is 1.00 e. The predicted molar refractivity (Wildman–Crippen MR) is 161 cm³/mol. The van der Waals surface area contributed by atoms with Crippen molar-refractivity contribution in [2.24, 2.45) is 4.99 Å². The Labute approximate surface area is 311 Å². The molecule has 3 aliphatic heterocycles. The molecule has 50 heavy (non-hydrogen) atoms. The maximum atomic E-state index is 12.6. The third-order valence-corrected chi connectivity index (χ3v) is 10.2. The summed E-state index contributed by atoms with van der Waals surface area (Å²) in [7, 11) is -1.68. The van der Waals surface area contributed by atoms with Gasteiger partial charge in [-0.3, -0.25) is 4.99 Å². The van der Waals surface area contributed by atoms with Crippen molar-refractivity contribution in [3.63, 3.8) is 0 Å². The van der Waals surface area contributed by atoms with E-state index in [1.165, 1.54) is 0 Å². The summed E-state index contributed by atoms with van der Waals surface area (Å²) in [4.78, 5) is 16.3. The number of carboxylic acids is 1. The quantitative estimate of drug-likeness (QED) is 0.0420. The molecule has 3 aliphatic rings. The zero-order chi connectivity index (χ0) is 37.0. The Balaban J connectivity index is 0.00000867. The molecule has 3 heterocycles. The first-order valence-corrected chi connectivity index (χ1v) is 19.5. The van der Waals surface area contributed by atoms with Crippen LogP contribution in [0.3, 0.4) is 0 Å². The van der Waals surface area contributed by atoms with Crippen LogP contribution in [0.5, 0.6) is 0 Å². The van der Waals surface area contributed by atoms with Crippen LogP contribution in [0.25, 0.3) is 0 Å². The number of hydrogen-bond donors (Lipinski definition) is 11. The fourth-order valence-electron chi connectivity index (χ4n) is 5.58. The molecule has 3 fully saturated rings. The molecule has 0 aromatic carbocycles. The van der Waals surface area contributed by atoms with Crippen LogP contribution in [0.1, 0.15) is 13.3 Å². The van der Waals surface area contributed by atoms with Crippen LogP contribution >= 0.6 is 0 Å². The summed E-state index contributed by atoms with van der Waals surface area (Å²) in [6, 6.07) is -0.984. The number of aliphatic hydroxyl groups excluding tert-OH is 10. The van der Waals surface area contributed by atoms with Crippen molar-refractivity contribution in [3.8, 4) is 0 Å². The van der Waals surface area contributed by atoms with Crippen LogP contribution in [0.15, 0.2) is 4.99 Å². The van der Waals surface area contributed by atoms with Gasteiger partial charge in [-0.05, 0) is 18.9 Å². The summed E-state index contributed by atoms with van der Waals surface area (Å²) in [5.41, 5.74) is 0. The molecule has 0 spiro atoms. The van der Waals surface area contributed by atoms with Gasteiger partial charge in [-0.1, -0.05) is 19.6 Å². The van der Waals surface area contributed by atoms with E-state index in [-0.39, 0.29) is 36.2 Å². The van der Waals surface area contributed by atoms with Crippen molar-refractivity contribution < 1.29 is 124 Å². The van der Waals surface area contributed by atoms with Gasteiger partial charge in [0.05, 0.1) is 25.9 Å². The minimum Gasteiger partial charge on any atom is -0.862 e. The van der Waals surface area contributed by atoms with E-state index < -0.39 is 144 Å². The van der Waals surface area contributed by atoms with Crippen LogP contribution in [-0.4, -0.2) is 200 Å². The molecular weight excluding hydrogens is 705 g/mol. The molecule has 0 aliphatic carbocycles. The Morgan fingerprint density at radius 1 is 0.960 bits per heavy atom. The first-order valence-electron chi connectivity index (χ1n) is 15.8. The van der Waals surface area contributed by atoms with Gasteiger partial charge in [0.2, 0.25) is 0 Å². The molecule has 0 aromatic heterocycles. The molecule has 0 aromatic rings. The fourth-order valence-corrected chi connectivity index (χ4v) is 6.31. The minimum atomic E-state index is -2.82. The Hall–Kier alpha value is -0.483. The third-order valence-electron chi connectivity index (χ3n) is 8.51. The van der Waals surface area contributed by atoms with Crippen molar-refractivity contribution >= 4 is 19.9 Å². The third kappa shape index (κ3) is 11.0. The van der Waals surface area contributed by atoms with E-state index in [2.05, 4.69) is 24.6 Å². The van der Waals surface area contributed by atoms with Crippen LogP contribution in [0.4, 0.5) is 0 Å². The maximum Gasteiger partial charge on any atom is 1.00 e. The molecule has 3 rings (SSSR count). The number of aliphatic imine (C=N–C) groups is 1. The van der Waals surface area contributed by atoms with Crippen molar-refractivity contribution in [1.29, 1.82) is 0 Å². The molecule has 0 unspecified atom stereocenters. The zero-order valence-electron chi connectivity index (χ0n) is 28.5. The monoisotopic (exact) mass is 755 g/mol. The number of carbonyl (C=O) groups is 1. The van der Waals surface area contributed by atoms with Gasteiger partial charge < -0.3 is 89.7 Å².